The number of rotatable bonds is 7. The number of sulfone groups is 1. The van der Waals surface area contributed by atoms with Crippen molar-refractivity contribution in [2.75, 3.05) is 11.1 Å². The van der Waals surface area contributed by atoms with Crippen LogP contribution in [0, 0.1) is 6.92 Å². The van der Waals surface area contributed by atoms with E-state index in [-0.39, 0.29) is 17.3 Å². The molecule has 2 heterocycles. The van der Waals surface area contributed by atoms with Gasteiger partial charge in [0, 0.05) is 12.5 Å². The number of nitrogens with one attached hydrogen (secondary N) is 1. The Hall–Kier alpha value is -2.94. The average molecular weight is 375 g/mol. The topological polar surface area (TPSA) is 115 Å². The van der Waals surface area contributed by atoms with Gasteiger partial charge in [0.05, 0.1) is 11.4 Å². The number of oxazole rings is 1. The van der Waals surface area contributed by atoms with Crippen molar-refractivity contribution in [3.8, 4) is 0 Å². The van der Waals surface area contributed by atoms with Crippen molar-refractivity contribution in [3.05, 3.63) is 65.6 Å². The summed E-state index contributed by atoms with van der Waals surface area (Å²) in [6.45, 7) is 1.66. The lowest BCUT2D eigenvalue weighted by molar-refractivity contribution is -0.113. The van der Waals surface area contributed by atoms with Gasteiger partial charge in [-0.05, 0) is 12.5 Å². The maximum absolute atomic E-state index is 12.2. The van der Waals surface area contributed by atoms with E-state index in [0.717, 1.165) is 5.56 Å². The first-order valence-electron chi connectivity index (χ1n) is 7.80. The second-order valence-corrected chi connectivity index (χ2v) is 7.86. The number of carbonyl (C=O) groups excluding carboxylic acids is 1. The molecule has 0 fully saturated rings. The molecule has 0 aliphatic carbocycles. The third kappa shape index (κ3) is 5.03. The summed E-state index contributed by atoms with van der Waals surface area (Å²) in [4.78, 5) is 16.0. The highest BCUT2D eigenvalue weighted by Crippen LogP contribution is 2.12. The molecule has 9 heteroatoms. The van der Waals surface area contributed by atoms with Crippen molar-refractivity contribution in [2.45, 2.75) is 19.1 Å². The van der Waals surface area contributed by atoms with Crippen LogP contribution in [-0.2, 0) is 26.8 Å². The molecule has 0 radical (unpaired) electrons. The minimum Gasteiger partial charge on any atom is -0.448 e. The molecule has 26 heavy (non-hydrogen) atoms. The molecule has 0 unspecified atom stereocenters. The van der Waals surface area contributed by atoms with Crippen LogP contribution in [0.1, 0.15) is 22.9 Å². The SMILES string of the molecule is Cc1cc(NC(=O)CS(=O)(=O)Cc2coc(Cc3ccccc3)n2)no1. The number of hydrogen-bond acceptors (Lipinski definition) is 7. The molecule has 1 N–H and O–H groups in total. The monoisotopic (exact) mass is 375 g/mol. The largest absolute Gasteiger partial charge is 0.448 e. The van der Waals surface area contributed by atoms with Gasteiger partial charge >= 0.3 is 0 Å². The van der Waals surface area contributed by atoms with Crippen LogP contribution >= 0.6 is 0 Å². The van der Waals surface area contributed by atoms with Crippen molar-refractivity contribution in [1.82, 2.24) is 10.1 Å². The number of hydrogen-bond donors (Lipinski definition) is 1. The van der Waals surface area contributed by atoms with E-state index in [1.807, 2.05) is 30.3 Å². The summed E-state index contributed by atoms with van der Waals surface area (Å²) in [6.07, 6.45) is 1.77. The number of benzene rings is 1. The minimum atomic E-state index is -3.70. The average Bonchev–Trinajstić information content (AvgIpc) is 3.16. The molecule has 0 bridgehead atoms. The lowest BCUT2D eigenvalue weighted by Gasteiger charge is -2.02. The van der Waals surface area contributed by atoms with Gasteiger partial charge in [-0.15, -0.1) is 0 Å². The first kappa shape index (κ1) is 17.9. The smallest absolute Gasteiger partial charge is 0.240 e. The highest BCUT2D eigenvalue weighted by atomic mass is 32.2. The summed E-state index contributed by atoms with van der Waals surface area (Å²) >= 11 is 0. The van der Waals surface area contributed by atoms with Crippen LogP contribution in [0.4, 0.5) is 5.82 Å². The van der Waals surface area contributed by atoms with Crippen LogP contribution in [0.2, 0.25) is 0 Å². The maximum atomic E-state index is 12.2. The fraction of sp³-hybridized carbons (Fsp3) is 0.235. The zero-order valence-corrected chi connectivity index (χ0v) is 14.8. The zero-order valence-electron chi connectivity index (χ0n) is 14.0. The van der Waals surface area contributed by atoms with Gasteiger partial charge in [0.15, 0.2) is 21.5 Å². The third-order valence-corrected chi connectivity index (χ3v) is 4.85. The predicted octanol–water partition coefficient (Wildman–Crippen LogP) is 2.12. The van der Waals surface area contributed by atoms with Gasteiger partial charge in [-0.2, -0.15) is 0 Å². The Labute approximate surface area is 150 Å². The Morgan fingerprint density at radius 3 is 2.69 bits per heavy atom. The van der Waals surface area contributed by atoms with E-state index in [1.54, 1.807) is 6.92 Å². The van der Waals surface area contributed by atoms with Gasteiger partial charge in [0.2, 0.25) is 5.91 Å². The standard InChI is InChI=1S/C17H17N3O5S/c1-12-7-15(20-25-12)19-16(21)11-26(22,23)10-14-9-24-17(18-14)8-13-5-3-2-4-6-13/h2-7,9H,8,10-11H2,1H3,(H,19,20,21). The number of anilines is 1. The predicted molar refractivity (Wildman–Crippen MR) is 93.1 cm³/mol. The Morgan fingerprint density at radius 1 is 1.23 bits per heavy atom. The quantitative estimate of drug-likeness (QED) is 0.672. The molecule has 0 spiro atoms. The maximum Gasteiger partial charge on any atom is 0.240 e. The van der Waals surface area contributed by atoms with E-state index < -0.39 is 21.5 Å². The summed E-state index contributed by atoms with van der Waals surface area (Å²) < 4.78 is 34.5. The molecule has 0 aliphatic heterocycles. The van der Waals surface area contributed by atoms with Gasteiger partial charge in [-0.3, -0.25) is 4.79 Å². The van der Waals surface area contributed by atoms with Gasteiger partial charge in [0.1, 0.15) is 17.8 Å². The number of nitrogens with zero attached hydrogens (tertiary/aromatic N) is 2. The minimum absolute atomic E-state index is 0.175. The summed E-state index contributed by atoms with van der Waals surface area (Å²) in [6, 6.07) is 11.1. The molecule has 1 aromatic carbocycles. The van der Waals surface area contributed by atoms with E-state index >= 15 is 0 Å². The van der Waals surface area contributed by atoms with E-state index in [4.69, 9.17) is 8.94 Å². The normalized spacial score (nSPS) is 11.4. The number of aromatic nitrogens is 2. The molecular weight excluding hydrogens is 358 g/mol. The van der Waals surface area contributed by atoms with E-state index in [1.165, 1.54) is 12.3 Å². The van der Waals surface area contributed by atoms with Gasteiger partial charge in [0.25, 0.3) is 0 Å². The fourth-order valence-electron chi connectivity index (χ4n) is 2.35. The van der Waals surface area contributed by atoms with E-state index in [0.29, 0.717) is 18.1 Å². The molecule has 3 aromatic rings. The molecule has 136 valence electrons. The molecule has 1 amide bonds. The van der Waals surface area contributed by atoms with Crippen molar-refractivity contribution in [1.29, 1.82) is 0 Å². The zero-order chi connectivity index (χ0) is 18.6. The number of amides is 1. The Bertz CT molecular complexity index is 992. The van der Waals surface area contributed by atoms with Crippen molar-refractivity contribution in [2.24, 2.45) is 0 Å². The van der Waals surface area contributed by atoms with Crippen LogP contribution in [0.5, 0.6) is 0 Å². The Kier molecular flexibility index (Phi) is 5.17. The van der Waals surface area contributed by atoms with Crippen LogP contribution in [0.3, 0.4) is 0 Å². The van der Waals surface area contributed by atoms with Crippen LogP contribution in [0.25, 0.3) is 0 Å². The van der Waals surface area contributed by atoms with Crippen LogP contribution in [-0.4, -0.2) is 30.2 Å². The molecule has 0 saturated carbocycles. The highest BCUT2D eigenvalue weighted by molar-refractivity contribution is 7.91. The van der Waals surface area contributed by atoms with Crippen molar-refractivity contribution >= 4 is 21.6 Å². The Morgan fingerprint density at radius 2 is 2.00 bits per heavy atom. The first-order chi connectivity index (χ1) is 12.4. The molecular formula is C17H17N3O5S. The summed E-state index contributed by atoms with van der Waals surface area (Å²) in [5.74, 6) is -0.641. The second-order valence-electron chi connectivity index (χ2n) is 5.80. The summed E-state index contributed by atoms with van der Waals surface area (Å²) in [5.41, 5.74) is 1.27. The van der Waals surface area contributed by atoms with Crippen molar-refractivity contribution in [3.63, 3.8) is 0 Å². The molecule has 3 rings (SSSR count). The number of aryl methyl sites for hydroxylation is 1. The first-order valence-corrected chi connectivity index (χ1v) is 9.62. The lowest BCUT2D eigenvalue weighted by atomic mass is 10.1. The molecule has 0 aliphatic rings. The fourth-order valence-corrected chi connectivity index (χ4v) is 3.50. The van der Waals surface area contributed by atoms with Gasteiger partial charge in [-0.25, -0.2) is 13.4 Å². The van der Waals surface area contributed by atoms with E-state index in [2.05, 4.69) is 15.5 Å². The van der Waals surface area contributed by atoms with E-state index in [9.17, 15) is 13.2 Å². The highest BCUT2D eigenvalue weighted by Gasteiger charge is 2.20. The van der Waals surface area contributed by atoms with Gasteiger partial charge < -0.3 is 14.3 Å². The molecule has 2 aromatic heterocycles. The lowest BCUT2D eigenvalue weighted by Crippen LogP contribution is -2.24. The number of carbonyl (C=O) groups is 1. The summed E-state index contributed by atoms with van der Waals surface area (Å²) in [5, 5.41) is 5.96. The molecule has 0 saturated heterocycles. The van der Waals surface area contributed by atoms with Crippen LogP contribution < -0.4 is 5.32 Å². The van der Waals surface area contributed by atoms with Crippen molar-refractivity contribution < 1.29 is 22.2 Å². The second kappa shape index (κ2) is 7.52. The van der Waals surface area contributed by atoms with Gasteiger partial charge in [-0.1, -0.05) is 35.5 Å². The summed E-state index contributed by atoms with van der Waals surface area (Å²) in [7, 11) is -3.70. The third-order valence-electron chi connectivity index (χ3n) is 3.41. The molecule has 0 atom stereocenters. The van der Waals surface area contributed by atoms with Crippen LogP contribution in [0.15, 0.2) is 51.6 Å². The Balaban J connectivity index is 1.58. The molecule has 8 nitrogen and oxygen atoms in total.